The Hall–Kier alpha value is -6.33. The maximum Gasteiger partial charge on any atom is 0.165 e. The summed E-state index contributed by atoms with van der Waals surface area (Å²) in [5.74, 6) is 0.794. The van der Waals surface area contributed by atoms with E-state index in [0.717, 1.165) is 50.3 Å². The minimum Gasteiger partial charge on any atom is -0.507 e. The van der Waals surface area contributed by atoms with E-state index in [1.807, 2.05) is 77.6 Å². The predicted octanol–water partition coefficient (Wildman–Crippen LogP) is 10.2. The third-order valence-electron chi connectivity index (χ3n) is 8.58. The molecule has 0 spiro atoms. The summed E-state index contributed by atoms with van der Waals surface area (Å²) in [6.07, 6.45) is 3.77. The fourth-order valence-corrected chi connectivity index (χ4v) is 6.18. The maximum atomic E-state index is 10.8. The van der Waals surface area contributed by atoms with E-state index in [0.29, 0.717) is 17.0 Å². The number of pyridine rings is 2. The SMILES string of the molecule is Cc1cnc(-c2cccc(-c3ccnc4c3nc(-c3ccccc3O)n4-c3ccccc3)c2)cc1-c1ccc(-c2ccccc2)cc1. The molecule has 8 aromatic rings. The molecular weight excluding hydrogens is 576 g/mol. The highest BCUT2D eigenvalue weighted by molar-refractivity contribution is 5.94. The number of rotatable bonds is 6. The Balaban J connectivity index is 1.22. The molecule has 0 radical (unpaired) electrons. The summed E-state index contributed by atoms with van der Waals surface area (Å²) >= 11 is 0. The first-order chi connectivity index (χ1) is 23.1. The zero-order valence-electron chi connectivity index (χ0n) is 25.7. The van der Waals surface area contributed by atoms with Crippen LogP contribution in [0.2, 0.25) is 0 Å². The molecule has 8 rings (SSSR count). The van der Waals surface area contributed by atoms with E-state index in [4.69, 9.17) is 15.0 Å². The van der Waals surface area contributed by atoms with Gasteiger partial charge in [0.2, 0.25) is 0 Å². The van der Waals surface area contributed by atoms with Gasteiger partial charge in [-0.15, -0.1) is 0 Å². The summed E-state index contributed by atoms with van der Waals surface area (Å²) in [5, 5.41) is 10.8. The van der Waals surface area contributed by atoms with E-state index in [2.05, 4.69) is 85.8 Å². The number of aromatic nitrogens is 4. The molecular formula is C42H30N4O. The average Bonchev–Trinajstić information content (AvgIpc) is 3.52. The monoisotopic (exact) mass is 606 g/mol. The van der Waals surface area contributed by atoms with Gasteiger partial charge in [0.25, 0.3) is 0 Å². The van der Waals surface area contributed by atoms with Crippen molar-refractivity contribution in [2.75, 3.05) is 0 Å². The molecule has 3 aromatic heterocycles. The van der Waals surface area contributed by atoms with Crippen LogP contribution in [0.15, 0.2) is 158 Å². The third kappa shape index (κ3) is 5.24. The van der Waals surface area contributed by atoms with Gasteiger partial charge in [-0.1, -0.05) is 103 Å². The standard InChI is InChI=1S/C42H30N4O/c1-28-27-44-38(26-37(28)31-21-19-30(20-22-31)29-11-4-2-5-12-29)33-14-10-13-32(25-33)35-23-24-43-42-40(35)45-41(36-17-8-9-18-39(36)47)46(42)34-15-6-3-7-16-34/h2-27,47H,1H3. The Bertz CT molecular complexity index is 2360. The first kappa shape index (κ1) is 28.2. The van der Waals surface area contributed by atoms with E-state index in [-0.39, 0.29) is 5.75 Å². The van der Waals surface area contributed by atoms with Gasteiger partial charge in [-0.2, -0.15) is 0 Å². The second kappa shape index (κ2) is 11.9. The molecule has 5 aromatic carbocycles. The van der Waals surface area contributed by atoms with Gasteiger partial charge in [0, 0.05) is 29.2 Å². The molecule has 0 bridgehead atoms. The molecule has 224 valence electrons. The summed E-state index contributed by atoms with van der Waals surface area (Å²) in [5.41, 5.74) is 12.7. The summed E-state index contributed by atoms with van der Waals surface area (Å²) in [4.78, 5) is 14.7. The largest absolute Gasteiger partial charge is 0.507 e. The number of nitrogens with zero attached hydrogens (tertiary/aromatic N) is 4. The average molecular weight is 607 g/mol. The van der Waals surface area contributed by atoms with Crippen molar-refractivity contribution in [2.24, 2.45) is 0 Å². The predicted molar refractivity (Wildman–Crippen MR) is 190 cm³/mol. The maximum absolute atomic E-state index is 10.8. The second-order valence-corrected chi connectivity index (χ2v) is 11.6. The molecule has 0 unspecified atom stereocenters. The topological polar surface area (TPSA) is 63.8 Å². The Labute approximate surface area is 273 Å². The fraction of sp³-hybridized carbons (Fsp3) is 0.0238. The molecule has 47 heavy (non-hydrogen) atoms. The highest BCUT2D eigenvalue weighted by Gasteiger charge is 2.20. The lowest BCUT2D eigenvalue weighted by Gasteiger charge is -2.11. The van der Waals surface area contributed by atoms with E-state index in [1.54, 1.807) is 6.07 Å². The molecule has 0 aliphatic rings. The molecule has 0 aliphatic carbocycles. The number of para-hydroxylation sites is 2. The van der Waals surface area contributed by atoms with Crippen LogP contribution in [0.3, 0.4) is 0 Å². The van der Waals surface area contributed by atoms with E-state index < -0.39 is 0 Å². The van der Waals surface area contributed by atoms with E-state index in [1.165, 1.54) is 11.1 Å². The van der Waals surface area contributed by atoms with Gasteiger partial charge in [0.05, 0.1) is 11.3 Å². The number of benzene rings is 5. The van der Waals surface area contributed by atoms with Gasteiger partial charge in [-0.05, 0) is 82.8 Å². The van der Waals surface area contributed by atoms with Gasteiger partial charge in [-0.25, -0.2) is 9.97 Å². The van der Waals surface area contributed by atoms with Gasteiger partial charge >= 0.3 is 0 Å². The molecule has 0 fully saturated rings. The fourth-order valence-electron chi connectivity index (χ4n) is 6.18. The van der Waals surface area contributed by atoms with Crippen LogP contribution in [0.4, 0.5) is 0 Å². The lowest BCUT2D eigenvalue weighted by Crippen LogP contribution is -1.98. The van der Waals surface area contributed by atoms with Crippen LogP contribution in [0.1, 0.15) is 5.56 Å². The lowest BCUT2D eigenvalue weighted by atomic mass is 9.96. The van der Waals surface area contributed by atoms with Crippen LogP contribution < -0.4 is 0 Å². The number of aryl methyl sites for hydroxylation is 1. The van der Waals surface area contributed by atoms with Crippen LogP contribution in [0, 0.1) is 6.92 Å². The van der Waals surface area contributed by atoms with E-state index in [9.17, 15) is 5.11 Å². The number of hydrogen-bond acceptors (Lipinski definition) is 4. The number of phenolic OH excluding ortho intramolecular Hbond substituents is 1. The van der Waals surface area contributed by atoms with Gasteiger partial charge in [-0.3, -0.25) is 9.55 Å². The molecule has 1 N–H and O–H groups in total. The normalized spacial score (nSPS) is 11.2. The van der Waals surface area contributed by atoms with Crippen molar-refractivity contribution in [3.63, 3.8) is 0 Å². The molecule has 0 aliphatic heterocycles. The highest BCUT2D eigenvalue weighted by atomic mass is 16.3. The molecule has 0 saturated heterocycles. The Morgan fingerprint density at radius 2 is 1.19 bits per heavy atom. The number of imidazole rings is 1. The summed E-state index contributed by atoms with van der Waals surface area (Å²) in [7, 11) is 0. The molecule has 0 saturated carbocycles. The van der Waals surface area contributed by atoms with Crippen molar-refractivity contribution in [1.82, 2.24) is 19.5 Å². The molecule has 0 atom stereocenters. The molecule has 3 heterocycles. The van der Waals surface area contributed by atoms with Gasteiger partial charge < -0.3 is 5.11 Å². The molecule has 5 nitrogen and oxygen atoms in total. The Morgan fingerprint density at radius 3 is 1.98 bits per heavy atom. The van der Waals surface area contributed by atoms with Crippen molar-refractivity contribution in [3.8, 4) is 67.5 Å². The number of hydrogen-bond donors (Lipinski definition) is 1. The smallest absolute Gasteiger partial charge is 0.165 e. The zero-order chi connectivity index (χ0) is 31.7. The van der Waals surface area contributed by atoms with Gasteiger partial charge in [0.15, 0.2) is 11.5 Å². The van der Waals surface area contributed by atoms with Crippen molar-refractivity contribution in [1.29, 1.82) is 0 Å². The summed E-state index contributed by atoms with van der Waals surface area (Å²) in [6, 6.07) is 49.0. The van der Waals surface area contributed by atoms with Crippen LogP contribution in [0.5, 0.6) is 5.75 Å². The summed E-state index contributed by atoms with van der Waals surface area (Å²) in [6.45, 7) is 2.10. The zero-order valence-corrected chi connectivity index (χ0v) is 25.7. The number of aromatic hydroxyl groups is 1. The van der Waals surface area contributed by atoms with Crippen LogP contribution in [-0.4, -0.2) is 24.6 Å². The Kier molecular flexibility index (Phi) is 7.12. The minimum atomic E-state index is 0.166. The Morgan fingerprint density at radius 1 is 0.532 bits per heavy atom. The number of phenols is 1. The van der Waals surface area contributed by atoms with Gasteiger partial charge in [0.1, 0.15) is 11.3 Å². The van der Waals surface area contributed by atoms with Crippen molar-refractivity contribution in [2.45, 2.75) is 6.92 Å². The summed E-state index contributed by atoms with van der Waals surface area (Å²) < 4.78 is 2.01. The van der Waals surface area contributed by atoms with Crippen LogP contribution in [0.25, 0.3) is 72.9 Å². The van der Waals surface area contributed by atoms with Crippen LogP contribution >= 0.6 is 0 Å². The third-order valence-corrected chi connectivity index (χ3v) is 8.58. The lowest BCUT2D eigenvalue weighted by molar-refractivity contribution is 0.477. The van der Waals surface area contributed by atoms with Crippen LogP contribution in [-0.2, 0) is 0 Å². The molecule has 5 heteroatoms. The number of fused-ring (bicyclic) bond motifs is 1. The second-order valence-electron chi connectivity index (χ2n) is 11.6. The first-order valence-corrected chi connectivity index (χ1v) is 15.6. The quantitative estimate of drug-likeness (QED) is 0.205. The molecule has 0 amide bonds. The van der Waals surface area contributed by atoms with Crippen molar-refractivity contribution in [3.05, 3.63) is 164 Å². The minimum absolute atomic E-state index is 0.166. The van der Waals surface area contributed by atoms with Crippen molar-refractivity contribution >= 4 is 11.2 Å². The van der Waals surface area contributed by atoms with Crippen molar-refractivity contribution < 1.29 is 5.11 Å². The van der Waals surface area contributed by atoms with E-state index >= 15 is 0 Å². The highest BCUT2D eigenvalue weighted by Crippen LogP contribution is 2.37. The first-order valence-electron chi connectivity index (χ1n) is 15.6.